The van der Waals surface area contributed by atoms with Gasteiger partial charge in [0.05, 0.1) is 18.2 Å². The monoisotopic (exact) mass is 233 g/mol. The molecular weight excluding hydrogens is 218 g/mol. The van der Waals surface area contributed by atoms with E-state index in [4.69, 9.17) is 10.00 Å². The zero-order valence-electron chi connectivity index (χ0n) is 10.2. The van der Waals surface area contributed by atoms with E-state index in [1.807, 2.05) is 6.92 Å². The Balaban J connectivity index is 2.82. The molecule has 0 unspecified atom stereocenters. The van der Waals surface area contributed by atoms with Crippen LogP contribution in [0.3, 0.4) is 0 Å². The molecule has 0 N–H and O–H groups in total. The first-order valence-corrected chi connectivity index (χ1v) is 5.32. The first-order chi connectivity index (χ1) is 8.06. The molecule has 1 aromatic heterocycles. The van der Waals surface area contributed by atoms with E-state index in [0.717, 1.165) is 5.69 Å². The number of aryl methyl sites for hydroxylation is 1. The summed E-state index contributed by atoms with van der Waals surface area (Å²) >= 11 is 0. The van der Waals surface area contributed by atoms with Crippen molar-refractivity contribution in [1.82, 2.24) is 4.98 Å². The van der Waals surface area contributed by atoms with Crippen molar-refractivity contribution in [1.29, 1.82) is 5.26 Å². The summed E-state index contributed by atoms with van der Waals surface area (Å²) < 4.78 is 4.85. The summed E-state index contributed by atoms with van der Waals surface area (Å²) in [4.78, 5) is 17.2. The Bertz CT molecular complexity index is 452. The molecule has 0 saturated carbocycles. The number of hydrogen-bond acceptors (Lipinski definition) is 5. The van der Waals surface area contributed by atoms with Gasteiger partial charge in [-0.05, 0) is 26.0 Å². The molecule has 0 bridgehead atoms. The van der Waals surface area contributed by atoms with Crippen molar-refractivity contribution in [3.05, 3.63) is 23.4 Å². The van der Waals surface area contributed by atoms with Gasteiger partial charge in [-0.15, -0.1) is 0 Å². The highest BCUT2D eigenvalue weighted by atomic mass is 16.5. The second-order valence-corrected chi connectivity index (χ2v) is 3.63. The maximum absolute atomic E-state index is 11.3. The van der Waals surface area contributed by atoms with E-state index in [2.05, 4.69) is 11.1 Å². The van der Waals surface area contributed by atoms with Crippen molar-refractivity contribution in [3.63, 3.8) is 0 Å². The number of nitrogens with zero attached hydrogens (tertiary/aromatic N) is 3. The summed E-state index contributed by atoms with van der Waals surface area (Å²) in [6, 6.07) is 5.40. The fraction of sp³-hybridized carbons (Fsp3) is 0.417. The highest BCUT2D eigenvalue weighted by Crippen LogP contribution is 2.12. The van der Waals surface area contributed by atoms with Crippen LogP contribution in [-0.2, 0) is 9.53 Å². The zero-order chi connectivity index (χ0) is 12.8. The Labute approximate surface area is 101 Å². The van der Waals surface area contributed by atoms with E-state index in [-0.39, 0.29) is 12.5 Å². The van der Waals surface area contributed by atoms with Crippen molar-refractivity contribution >= 4 is 11.8 Å². The second kappa shape index (κ2) is 5.85. The molecule has 1 rings (SSSR count). The maximum atomic E-state index is 11.3. The molecule has 0 atom stereocenters. The van der Waals surface area contributed by atoms with Gasteiger partial charge in [-0.1, -0.05) is 0 Å². The van der Waals surface area contributed by atoms with E-state index in [1.54, 1.807) is 31.0 Å². The number of carbonyl (C=O) groups excluding carboxylic acids is 1. The molecule has 0 aromatic carbocycles. The molecule has 17 heavy (non-hydrogen) atoms. The number of pyridine rings is 1. The van der Waals surface area contributed by atoms with Crippen molar-refractivity contribution in [2.75, 3.05) is 25.1 Å². The molecule has 0 aliphatic rings. The van der Waals surface area contributed by atoms with Gasteiger partial charge in [-0.25, -0.2) is 4.98 Å². The second-order valence-electron chi connectivity index (χ2n) is 3.63. The molecule has 0 radical (unpaired) electrons. The first-order valence-electron chi connectivity index (χ1n) is 5.32. The van der Waals surface area contributed by atoms with Crippen LogP contribution in [-0.4, -0.2) is 31.2 Å². The molecular formula is C12H15N3O2. The summed E-state index contributed by atoms with van der Waals surface area (Å²) in [6.45, 7) is 4.05. The van der Waals surface area contributed by atoms with Crippen LogP contribution >= 0.6 is 0 Å². The van der Waals surface area contributed by atoms with Crippen LogP contribution in [0.2, 0.25) is 0 Å². The Morgan fingerprint density at radius 3 is 2.88 bits per heavy atom. The lowest BCUT2D eigenvalue weighted by molar-refractivity contribution is -0.141. The third kappa shape index (κ3) is 3.76. The smallest absolute Gasteiger partial charge is 0.325 e. The predicted molar refractivity (Wildman–Crippen MR) is 63.6 cm³/mol. The number of nitriles is 1. The highest BCUT2D eigenvalue weighted by Gasteiger charge is 2.10. The van der Waals surface area contributed by atoms with Gasteiger partial charge in [0.1, 0.15) is 12.4 Å². The average Bonchev–Trinajstić information content (AvgIpc) is 2.28. The van der Waals surface area contributed by atoms with Gasteiger partial charge in [0.2, 0.25) is 0 Å². The number of likely N-dealkylation sites (N-methyl/N-ethyl adjacent to an activating group) is 1. The fourth-order valence-electron chi connectivity index (χ4n) is 1.39. The van der Waals surface area contributed by atoms with E-state index >= 15 is 0 Å². The van der Waals surface area contributed by atoms with Crippen LogP contribution in [0.4, 0.5) is 5.82 Å². The van der Waals surface area contributed by atoms with Gasteiger partial charge in [0.25, 0.3) is 0 Å². The Morgan fingerprint density at radius 1 is 1.59 bits per heavy atom. The summed E-state index contributed by atoms with van der Waals surface area (Å²) in [6.07, 6.45) is 0. The number of esters is 1. The lowest BCUT2D eigenvalue weighted by Crippen LogP contribution is -2.28. The lowest BCUT2D eigenvalue weighted by Gasteiger charge is -2.17. The Hall–Kier alpha value is -2.09. The summed E-state index contributed by atoms with van der Waals surface area (Å²) in [5.41, 5.74) is 1.28. The maximum Gasteiger partial charge on any atom is 0.325 e. The van der Waals surface area contributed by atoms with Crippen molar-refractivity contribution < 1.29 is 9.53 Å². The van der Waals surface area contributed by atoms with Gasteiger partial charge in [-0.3, -0.25) is 4.79 Å². The van der Waals surface area contributed by atoms with Gasteiger partial charge < -0.3 is 9.64 Å². The summed E-state index contributed by atoms with van der Waals surface area (Å²) in [5.74, 6) is 0.284. The molecule has 1 aromatic rings. The molecule has 1 heterocycles. The summed E-state index contributed by atoms with van der Waals surface area (Å²) in [5, 5.41) is 8.85. The minimum Gasteiger partial charge on any atom is -0.465 e. The SMILES string of the molecule is CCOC(=O)CN(C)c1cc(C#N)cc(C)n1. The quantitative estimate of drug-likeness (QED) is 0.732. The van der Waals surface area contributed by atoms with E-state index in [9.17, 15) is 4.79 Å². The summed E-state index contributed by atoms with van der Waals surface area (Å²) in [7, 11) is 1.74. The first kappa shape index (κ1) is 13.0. The molecule has 0 saturated heterocycles. The predicted octanol–water partition coefficient (Wildman–Crippen LogP) is 1.26. The van der Waals surface area contributed by atoms with E-state index in [0.29, 0.717) is 18.0 Å². The third-order valence-corrected chi connectivity index (χ3v) is 2.13. The Morgan fingerprint density at radius 2 is 2.29 bits per heavy atom. The number of anilines is 1. The van der Waals surface area contributed by atoms with Crippen LogP contribution in [0.15, 0.2) is 12.1 Å². The lowest BCUT2D eigenvalue weighted by atomic mass is 10.2. The molecule has 0 aliphatic heterocycles. The van der Waals surface area contributed by atoms with Crippen LogP contribution < -0.4 is 4.90 Å². The van der Waals surface area contributed by atoms with Crippen LogP contribution in [0.25, 0.3) is 0 Å². The molecule has 0 aliphatic carbocycles. The molecule has 0 amide bonds. The molecule has 0 spiro atoms. The molecule has 5 nitrogen and oxygen atoms in total. The largest absolute Gasteiger partial charge is 0.465 e. The van der Waals surface area contributed by atoms with E-state index < -0.39 is 0 Å². The molecule has 90 valence electrons. The van der Waals surface area contributed by atoms with Crippen molar-refractivity contribution in [2.24, 2.45) is 0 Å². The van der Waals surface area contributed by atoms with Gasteiger partial charge in [0.15, 0.2) is 0 Å². The third-order valence-electron chi connectivity index (χ3n) is 2.13. The van der Waals surface area contributed by atoms with Gasteiger partial charge in [0, 0.05) is 12.7 Å². The van der Waals surface area contributed by atoms with Crippen LogP contribution in [0.5, 0.6) is 0 Å². The minimum atomic E-state index is -0.309. The highest BCUT2D eigenvalue weighted by molar-refractivity contribution is 5.75. The number of rotatable bonds is 4. The topological polar surface area (TPSA) is 66.2 Å². The minimum absolute atomic E-state index is 0.120. The zero-order valence-corrected chi connectivity index (χ0v) is 10.2. The van der Waals surface area contributed by atoms with E-state index in [1.165, 1.54) is 0 Å². The molecule has 5 heteroatoms. The normalized spacial score (nSPS) is 9.53. The van der Waals surface area contributed by atoms with Gasteiger partial charge >= 0.3 is 5.97 Å². The molecule has 0 fully saturated rings. The van der Waals surface area contributed by atoms with Gasteiger partial charge in [-0.2, -0.15) is 5.26 Å². The number of carbonyl (C=O) groups is 1. The number of aromatic nitrogens is 1. The average molecular weight is 233 g/mol. The standard InChI is InChI=1S/C12H15N3O2/c1-4-17-12(16)8-15(3)11-6-10(7-13)5-9(2)14-11/h5-6H,4,8H2,1-3H3. The number of ether oxygens (including phenoxy) is 1. The fourth-order valence-corrected chi connectivity index (χ4v) is 1.39. The van der Waals surface area contributed by atoms with Crippen molar-refractivity contribution in [2.45, 2.75) is 13.8 Å². The van der Waals surface area contributed by atoms with Crippen LogP contribution in [0, 0.1) is 18.3 Å². The Kier molecular flexibility index (Phi) is 4.46. The number of hydrogen-bond donors (Lipinski definition) is 0. The van der Waals surface area contributed by atoms with Crippen molar-refractivity contribution in [3.8, 4) is 6.07 Å². The van der Waals surface area contributed by atoms with Crippen LogP contribution in [0.1, 0.15) is 18.2 Å².